The van der Waals surface area contributed by atoms with Crippen molar-refractivity contribution in [2.24, 2.45) is 4.99 Å². The summed E-state index contributed by atoms with van der Waals surface area (Å²) in [5.41, 5.74) is 3.52. The lowest BCUT2D eigenvalue weighted by molar-refractivity contribution is -0.384. The number of nitro groups is 1. The van der Waals surface area contributed by atoms with Gasteiger partial charge in [-0.05, 0) is 44.0 Å². The quantitative estimate of drug-likeness (QED) is 0.177. The van der Waals surface area contributed by atoms with Crippen LogP contribution in [0, 0.1) is 24.0 Å². The van der Waals surface area contributed by atoms with Crippen LogP contribution in [-0.4, -0.2) is 45.2 Å². The Hall–Kier alpha value is -3.14. The van der Waals surface area contributed by atoms with Gasteiger partial charge in [0.25, 0.3) is 5.69 Å². The minimum absolute atomic E-state index is 0.0872. The molecule has 0 saturated carbocycles. The molecule has 3 N–H and O–H groups in total. The molecule has 168 valence electrons. The van der Waals surface area contributed by atoms with Gasteiger partial charge in [-0.3, -0.25) is 10.1 Å². The van der Waals surface area contributed by atoms with Crippen molar-refractivity contribution in [1.82, 2.24) is 10.6 Å². The molecule has 0 aliphatic carbocycles. The molecule has 0 heterocycles. The summed E-state index contributed by atoms with van der Waals surface area (Å²) in [5.74, 6) is 0.645. The number of benzene rings is 2. The van der Waals surface area contributed by atoms with Crippen LogP contribution in [0.15, 0.2) is 46.3 Å². The van der Waals surface area contributed by atoms with Gasteiger partial charge >= 0.3 is 0 Å². The number of aliphatic imine (C=N–C) groups is 1. The molecule has 31 heavy (non-hydrogen) atoms. The van der Waals surface area contributed by atoms with Crippen molar-refractivity contribution in [2.75, 3.05) is 31.2 Å². The molecule has 0 spiro atoms. The number of anilines is 1. The van der Waals surface area contributed by atoms with E-state index in [1.165, 1.54) is 23.3 Å². The standard InChI is InChI=1S/C21H29N5O4S/c1-5-22-21(25-14-17-7-6-15(2)12-16(17)3)24-11-10-23-19-9-8-18(31(4,29)30)13-20(19)26(27)28/h6-9,12-13,23H,5,10-11,14H2,1-4H3,(H2,22,24,25). The fourth-order valence-corrected chi connectivity index (χ4v) is 3.59. The lowest BCUT2D eigenvalue weighted by atomic mass is 10.1. The smallest absolute Gasteiger partial charge is 0.293 e. The molecular formula is C21H29N5O4S. The first-order valence-electron chi connectivity index (χ1n) is 9.92. The average molecular weight is 448 g/mol. The monoisotopic (exact) mass is 447 g/mol. The van der Waals surface area contributed by atoms with E-state index < -0.39 is 14.8 Å². The molecule has 0 aliphatic rings. The predicted octanol–water partition coefficient (Wildman–Crippen LogP) is 2.78. The molecule has 0 saturated heterocycles. The summed E-state index contributed by atoms with van der Waals surface area (Å²) in [6.07, 6.45) is 1.02. The fraction of sp³-hybridized carbons (Fsp3) is 0.381. The van der Waals surface area contributed by atoms with Crippen molar-refractivity contribution in [3.05, 3.63) is 63.2 Å². The number of aryl methyl sites for hydroxylation is 2. The third-order valence-corrected chi connectivity index (χ3v) is 5.69. The molecule has 0 aromatic heterocycles. The molecule has 0 amide bonds. The van der Waals surface area contributed by atoms with Gasteiger partial charge in [0, 0.05) is 32.0 Å². The van der Waals surface area contributed by atoms with Crippen molar-refractivity contribution >= 4 is 27.2 Å². The Morgan fingerprint density at radius 3 is 2.45 bits per heavy atom. The molecule has 0 fully saturated rings. The number of rotatable bonds is 9. The number of hydrogen-bond donors (Lipinski definition) is 3. The molecule has 2 aromatic rings. The highest BCUT2D eigenvalue weighted by Crippen LogP contribution is 2.27. The normalized spacial score (nSPS) is 11.8. The Balaban J connectivity index is 1.99. The number of nitrogens with zero attached hydrogens (tertiary/aromatic N) is 2. The summed E-state index contributed by atoms with van der Waals surface area (Å²) < 4.78 is 23.3. The Kier molecular flexibility index (Phi) is 8.38. The zero-order valence-corrected chi connectivity index (χ0v) is 19.0. The summed E-state index contributed by atoms with van der Waals surface area (Å²) in [7, 11) is -3.52. The van der Waals surface area contributed by atoms with Gasteiger partial charge in [-0.15, -0.1) is 0 Å². The highest BCUT2D eigenvalue weighted by molar-refractivity contribution is 7.90. The van der Waals surface area contributed by atoms with Crippen molar-refractivity contribution in [1.29, 1.82) is 0 Å². The SMILES string of the molecule is CCNC(=NCc1ccc(C)cc1C)NCCNc1ccc(S(C)(=O)=O)cc1[N+](=O)[O-]. The molecule has 2 rings (SSSR count). The zero-order chi connectivity index (χ0) is 23.0. The van der Waals surface area contributed by atoms with Crippen LogP contribution in [-0.2, 0) is 16.4 Å². The first-order chi connectivity index (χ1) is 14.6. The number of guanidine groups is 1. The summed E-state index contributed by atoms with van der Waals surface area (Å²) in [4.78, 5) is 15.2. The Labute approximate surface area is 183 Å². The molecule has 0 atom stereocenters. The van der Waals surface area contributed by atoms with Gasteiger partial charge in [0.05, 0.1) is 16.4 Å². The van der Waals surface area contributed by atoms with E-state index in [9.17, 15) is 18.5 Å². The number of nitrogens with one attached hydrogen (secondary N) is 3. The minimum Gasteiger partial charge on any atom is -0.378 e. The summed E-state index contributed by atoms with van der Waals surface area (Å²) >= 11 is 0. The van der Waals surface area contributed by atoms with E-state index in [0.29, 0.717) is 32.1 Å². The van der Waals surface area contributed by atoms with Gasteiger partial charge in [0.15, 0.2) is 15.8 Å². The van der Waals surface area contributed by atoms with Gasteiger partial charge in [0.1, 0.15) is 5.69 Å². The number of nitro benzene ring substituents is 1. The second kappa shape index (κ2) is 10.8. The molecule has 9 nitrogen and oxygen atoms in total. The molecule has 2 aromatic carbocycles. The molecular weight excluding hydrogens is 418 g/mol. The lowest BCUT2D eigenvalue weighted by Crippen LogP contribution is -2.39. The molecule has 0 aliphatic heterocycles. The van der Waals surface area contributed by atoms with Crippen LogP contribution >= 0.6 is 0 Å². The van der Waals surface area contributed by atoms with Crippen LogP contribution in [0.1, 0.15) is 23.6 Å². The first kappa shape index (κ1) is 24.1. The van der Waals surface area contributed by atoms with E-state index in [2.05, 4.69) is 53.0 Å². The van der Waals surface area contributed by atoms with Crippen molar-refractivity contribution in [2.45, 2.75) is 32.2 Å². The third-order valence-electron chi connectivity index (χ3n) is 4.58. The second-order valence-corrected chi connectivity index (χ2v) is 9.20. The summed E-state index contributed by atoms with van der Waals surface area (Å²) in [6, 6.07) is 10.1. The maximum Gasteiger partial charge on any atom is 0.293 e. The molecule has 10 heteroatoms. The number of hydrogen-bond acceptors (Lipinski definition) is 6. The van der Waals surface area contributed by atoms with Crippen LogP contribution in [0.3, 0.4) is 0 Å². The lowest BCUT2D eigenvalue weighted by Gasteiger charge is -2.13. The zero-order valence-electron chi connectivity index (χ0n) is 18.2. The summed E-state index contributed by atoms with van der Waals surface area (Å²) in [6.45, 7) is 8.16. The Bertz CT molecular complexity index is 1070. The average Bonchev–Trinajstić information content (AvgIpc) is 2.69. The Morgan fingerprint density at radius 2 is 1.84 bits per heavy atom. The van der Waals surface area contributed by atoms with Gasteiger partial charge in [-0.25, -0.2) is 13.4 Å². The van der Waals surface area contributed by atoms with Gasteiger partial charge in [0.2, 0.25) is 0 Å². The van der Waals surface area contributed by atoms with Gasteiger partial charge in [-0.2, -0.15) is 0 Å². The largest absolute Gasteiger partial charge is 0.378 e. The van der Waals surface area contributed by atoms with E-state index in [1.807, 2.05) is 6.92 Å². The maximum atomic E-state index is 11.6. The van der Waals surface area contributed by atoms with E-state index in [1.54, 1.807) is 0 Å². The summed E-state index contributed by atoms with van der Waals surface area (Å²) in [5, 5.41) is 20.7. The highest BCUT2D eigenvalue weighted by Gasteiger charge is 2.18. The van der Waals surface area contributed by atoms with Crippen LogP contribution in [0.5, 0.6) is 0 Å². The van der Waals surface area contributed by atoms with Crippen molar-refractivity contribution in [3.63, 3.8) is 0 Å². The minimum atomic E-state index is -3.52. The fourth-order valence-electron chi connectivity index (χ4n) is 2.95. The van der Waals surface area contributed by atoms with Crippen molar-refractivity contribution < 1.29 is 13.3 Å². The van der Waals surface area contributed by atoms with Crippen LogP contribution in [0.4, 0.5) is 11.4 Å². The van der Waals surface area contributed by atoms with Gasteiger partial charge < -0.3 is 16.0 Å². The molecule has 0 bridgehead atoms. The Morgan fingerprint density at radius 1 is 1.10 bits per heavy atom. The second-order valence-electron chi connectivity index (χ2n) is 7.19. The highest BCUT2D eigenvalue weighted by atomic mass is 32.2. The van der Waals surface area contributed by atoms with E-state index in [4.69, 9.17) is 0 Å². The van der Waals surface area contributed by atoms with E-state index in [-0.39, 0.29) is 16.3 Å². The van der Waals surface area contributed by atoms with Crippen LogP contribution in [0.2, 0.25) is 0 Å². The van der Waals surface area contributed by atoms with E-state index in [0.717, 1.165) is 17.9 Å². The van der Waals surface area contributed by atoms with Crippen LogP contribution < -0.4 is 16.0 Å². The molecule has 0 radical (unpaired) electrons. The first-order valence-corrected chi connectivity index (χ1v) is 11.8. The van der Waals surface area contributed by atoms with Crippen molar-refractivity contribution in [3.8, 4) is 0 Å². The van der Waals surface area contributed by atoms with E-state index >= 15 is 0 Å². The third kappa shape index (κ3) is 7.25. The molecule has 0 unspecified atom stereocenters. The van der Waals surface area contributed by atoms with Gasteiger partial charge in [-0.1, -0.05) is 23.8 Å². The topological polar surface area (TPSA) is 126 Å². The maximum absolute atomic E-state index is 11.6. The van der Waals surface area contributed by atoms with Crippen LogP contribution in [0.25, 0.3) is 0 Å². The predicted molar refractivity (Wildman–Crippen MR) is 123 cm³/mol. The number of sulfone groups is 1.